The zero-order valence-corrected chi connectivity index (χ0v) is 19.9. The number of aryl methyl sites for hydroxylation is 1. The number of carbonyl (C=O) groups excluding carboxylic acids is 1. The van der Waals surface area contributed by atoms with E-state index in [0.29, 0.717) is 11.7 Å². The number of likely N-dealkylation sites (tertiary alicyclic amines) is 1. The van der Waals surface area contributed by atoms with E-state index in [1.54, 1.807) is 16.9 Å². The second-order valence-corrected chi connectivity index (χ2v) is 9.77. The molecule has 2 fully saturated rings. The number of allylic oxidation sites excluding steroid dienone is 2. The Morgan fingerprint density at radius 3 is 2.85 bits per heavy atom. The highest BCUT2D eigenvalue weighted by molar-refractivity contribution is 5.95. The van der Waals surface area contributed by atoms with Gasteiger partial charge in [-0.3, -0.25) is 4.79 Å². The molecule has 1 saturated heterocycles. The highest BCUT2D eigenvalue weighted by Gasteiger charge is 2.26. The molecule has 1 saturated carbocycles. The van der Waals surface area contributed by atoms with E-state index >= 15 is 0 Å². The molecule has 2 aliphatic heterocycles. The molecule has 1 aliphatic carbocycles. The summed E-state index contributed by atoms with van der Waals surface area (Å²) in [5.41, 5.74) is 4.65. The molecule has 3 aliphatic rings. The molecular weight excluding hydrogens is 431 g/mol. The number of benzene rings is 1. The van der Waals surface area contributed by atoms with Crippen molar-refractivity contribution in [1.82, 2.24) is 30.6 Å². The fourth-order valence-corrected chi connectivity index (χ4v) is 4.63. The smallest absolute Gasteiger partial charge is 0.254 e. The molecule has 0 radical (unpaired) electrons. The van der Waals surface area contributed by atoms with Gasteiger partial charge in [0.25, 0.3) is 5.91 Å². The summed E-state index contributed by atoms with van der Waals surface area (Å²) < 4.78 is 16.2. The van der Waals surface area contributed by atoms with Crippen LogP contribution < -0.4 is 16.0 Å². The quantitative estimate of drug-likeness (QED) is 0.613. The highest BCUT2D eigenvalue weighted by Crippen LogP contribution is 2.25. The number of nitrogens with zero attached hydrogens (tertiary/aromatic N) is 3. The number of amides is 1. The van der Waals surface area contributed by atoms with Gasteiger partial charge in [0.2, 0.25) is 0 Å². The lowest BCUT2D eigenvalue weighted by Crippen LogP contribution is -2.34. The van der Waals surface area contributed by atoms with Gasteiger partial charge in [0.05, 0.1) is 24.0 Å². The Kier molecular flexibility index (Phi) is 6.41. The van der Waals surface area contributed by atoms with E-state index in [9.17, 15) is 9.18 Å². The van der Waals surface area contributed by atoms with Crippen LogP contribution in [0.5, 0.6) is 0 Å². The summed E-state index contributed by atoms with van der Waals surface area (Å²) in [6.45, 7) is 4.88. The van der Waals surface area contributed by atoms with Crippen LogP contribution in [0.3, 0.4) is 0 Å². The van der Waals surface area contributed by atoms with Crippen molar-refractivity contribution in [3.63, 3.8) is 0 Å². The number of dihydropyridines is 1. The van der Waals surface area contributed by atoms with E-state index in [4.69, 9.17) is 0 Å². The number of aromatic nitrogens is 2. The first-order valence-electron chi connectivity index (χ1n) is 12.2. The highest BCUT2D eigenvalue weighted by atomic mass is 19.1. The van der Waals surface area contributed by atoms with Crippen LogP contribution in [0.1, 0.15) is 53.6 Å². The molecular formula is C26H33FN6O. The normalized spacial score (nSPS) is 21.2. The van der Waals surface area contributed by atoms with E-state index in [0.717, 1.165) is 55.6 Å². The Morgan fingerprint density at radius 1 is 1.18 bits per heavy atom. The first-order valence-corrected chi connectivity index (χ1v) is 12.2. The average Bonchev–Trinajstić information content (AvgIpc) is 3.53. The molecule has 0 bridgehead atoms. The minimum Gasteiger partial charge on any atom is -0.385 e. The maximum absolute atomic E-state index is 14.5. The predicted octanol–water partition coefficient (Wildman–Crippen LogP) is 3.11. The van der Waals surface area contributed by atoms with E-state index in [1.165, 1.54) is 24.6 Å². The molecule has 0 spiro atoms. The van der Waals surface area contributed by atoms with Crippen molar-refractivity contribution in [3.05, 3.63) is 65.0 Å². The van der Waals surface area contributed by atoms with Crippen LogP contribution in [0.25, 0.3) is 11.3 Å². The van der Waals surface area contributed by atoms with Crippen LogP contribution in [0, 0.1) is 12.7 Å². The largest absolute Gasteiger partial charge is 0.385 e. The number of carbonyl (C=O) groups is 1. The topological polar surface area (TPSA) is 74.2 Å². The van der Waals surface area contributed by atoms with Crippen LogP contribution in [0.4, 0.5) is 4.39 Å². The van der Waals surface area contributed by atoms with Gasteiger partial charge in [-0.05, 0) is 82.9 Å². The molecule has 3 N–H and O–H groups in total. The van der Waals surface area contributed by atoms with Crippen molar-refractivity contribution in [2.75, 3.05) is 26.7 Å². The summed E-state index contributed by atoms with van der Waals surface area (Å²) in [5.74, 6) is -0.870. The lowest BCUT2D eigenvalue weighted by molar-refractivity contribution is 0.0947. The standard InChI is InChI=1S/C26H33FN6O/c1-17-10-24(27)23(26(34)31-21-5-6-21)12-25(17)33-16-19(14-29-33)18-11-22(15-28-13-18)30-20-4-3-8-32(2)9-7-20/h10-14,16,20-21,28,30H,3-9,15H2,1-2H3,(H,31,34). The van der Waals surface area contributed by atoms with Gasteiger partial charge in [0, 0.05) is 41.3 Å². The number of rotatable bonds is 6. The molecule has 8 heteroatoms. The molecule has 1 unspecified atom stereocenters. The van der Waals surface area contributed by atoms with Crippen molar-refractivity contribution in [2.45, 2.75) is 51.1 Å². The van der Waals surface area contributed by atoms with Gasteiger partial charge in [-0.1, -0.05) is 0 Å². The third kappa shape index (κ3) is 5.17. The van der Waals surface area contributed by atoms with E-state index < -0.39 is 5.82 Å². The summed E-state index contributed by atoms with van der Waals surface area (Å²) in [5, 5.41) is 14.5. The Balaban J connectivity index is 1.33. The van der Waals surface area contributed by atoms with Crippen LogP contribution in [0.2, 0.25) is 0 Å². The van der Waals surface area contributed by atoms with E-state index in [2.05, 4.69) is 39.1 Å². The van der Waals surface area contributed by atoms with Crippen LogP contribution >= 0.6 is 0 Å². The third-order valence-electron chi connectivity index (χ3n) is 6.83. The Labute approximate surface area is 200 Å². The van der Waals surface area contributed by atoms with Gasteiger partial charge in [0.15, 0.2) is 0 Å². The summed E-state index contributed by atoms with van der Waals surface area (Å²) in [6, 6.07) is 3.67. The first-order chi connectivity index (χ1) is 16.5. The molecule has 1 amide bonds. The lowest BCUT2D eigenvalue weighted by atomic mass is 10.1. The lowest BCUT2D eigenvalue weighted by Gasteiger charge is -2.23. The second-order valence-electron chi connectivity index (χ2n) is 9.77. The van der Waals surface area contributed by atoms with E-state index in [1.807, 2.05) is 19.3 Å². The van der Waals surface area contributed by atoms with Crippen molar-refractivity contribution in [3.8, 4) is 5.69 Å². The molecule has 7 nitrogen and oxygen atoms in total. The summed E-state index contributed by atoms with van der Waals surface area (Å²) in [7, 11) is 2.19. The van der Waals surface area contributed by atoms with Gasteiger partial charge in [-0.25, -0.2) is 9.07 Å². The first kappa shape index (κ1) is 22.7. The zero-order chi connectivity index (χ0) is 23.7. The van der Waals surface area contributed by atoms with Crippen LogP contribution in [0.15, 0.2) is 42.5 Å². The molecule has 5 rings (SSSR count). The SMILES string of the molecule is Cc1cc(F)c(C(=O)NC2CC2)cc1-n1cc(C2=CNCC(NC3CCCN(C)CC3)=C2)cn1. The van der Waals surface area contributed by atoms with Crippen LogP contribution in [-0.4, -0.2) is 59.4 Å². The monoisotopic (exact) mass is 464 g/mol. The number of hydrogen-bond acceptors (Lipinski definition) is 5. The third-order valence-corrected chi connectivity index (χ3v) is 6.83. The average molecular weight is 465 g/mol. The second kappa shape index (κ2) is 9.62. The van der Waals surface area contributed by atoms with Crippen molar-refractivity contribution in [1.29, 1.82) is 0 Å². The van der Waals surface area contributed by atoms with Gasteiger partial charge >= 0.3 is 0 Å². The number of hydrogen-bond donors (Lipinski definition) is 3. The van der Waals surface area contributed by atoms with Gasteiger partial charge in [-0.2, -0.15) is 5.10 Å². The van der Waals surface area contributed by atoms with Gasteiger partial charge in [-0.15, -0.1) is 0 Å². The minimum absolute atomic E-state index is 0.0588. The fraction of sp³-hybridized carbons (Fsp3) is 0.462. The molecule has 2 aromatic rings. The molecule has 1 atom stereocenters. The number of nitrogens with one attached hydrogen (secondary N) is 3. The maximum atomic E-state index is 14.5. The molecule has 180 valence electrons. The maximum Gasteiger partial charge on any atom is 0.254 e. The van der Waals surface area contributed by atoms with Gasteiger partial charge < -0.3 is 20.9 Å². The summed E-state index contributed by atoms with van der Waals surface area (Å²) in [4.78, 5) is 14.9. The van der Waals surface area contributed by atoms with Crippen molar-refractivity contribution < 1.29 is 9.18 Å². The Morgan fingerprint density at radius 2 is 2.03 bits per heavy atom. The molecule has 34 heavy (non-hydrogen) atoms. The summed E-state index contributed by atoms with van der Waals surface area (Å²) >= 11 is 0. The van der Waals surface area contributed by atoms with Gasteiger partial charge in [0.1, 0.15) is 5.82 Å². The van der Waals surface area contributed by atoms with Crippen molar-refractivity contribution in [2.24, 2.45) is 0 Å². The number of halogens is 1. The Bertz CT molecular complexity index is 1130. The molecule has 3 heterocycles. The fourth-order valence-electron chi connectivity index (χ4n) is 4.63. The summed E-state index contributed by atoms with van der Waals surface area (Å²) in [6.07, 6.45) is 13.4. The molecule has 1 aromatic heterocycles. The molecule has 1 aromatic carbocycles. The van der Waals surface area contributed by atoms with Crippen molar-refractivity contribution >= 4 is 11.5 Å². The van der Waals surface area contributed by atoms with E-state index in [-0.39, 0.29) is 17.5 Å². The van der Waals surface area contributed by atoms with Crippen LogP contribution in [-0.2, 0) is 0 Å². The minimum atomic E-state index is -0.505. The Hall–Kier alpha value is -3.13. The zero-order valence-electron chi connectivity index (χ0n) is 19.9. The predicted molar refractivity (Wildman–Crippen MR) is 131 cm³/mol.